The lowest BCUT2D eigenvalue weighted by atomic mass is 10.1. The zero-order valence-electron chi connectivity index (χ0n) is 15.8. The van der Waals surface area contributed by atoms with Crippen LogP contribution in [0.15, 0.2) is 60.7 Å². The van der Waals surface area contributed by atoms with E-state index in [9.17, 15) is 4.79 Å². The summed E-state index contributed by atoms with van der Waals surface area (Å²) in [5, 5.41) is 7.47. The van der Waals surface area contributed by atoms with Gasteiger partial charge in [0.1, 0.15) is 0 Å². The minimum absolute atomic E-state index is 0.0204. The Kier molecular flexibility index (Phi) is 6.71. The second-order valence-corrected chi connectivity index (χ2v) is 7.68. The molecule has 1 N–H and O–H groups in total. The first-order chi connectivity index (χ1) is 13.1. The van der Waals surface area contributed by atoms with Crippen molar-refractivity contribution in [2.75, 3.05) is 12.3 Å². The Morgan fingerprint density at radius 1 is 1.04 bits per heavy atom. The fourth-order valence-electron chi connectivity index (χ4n) is 2.87. The van der Waals surface area contributed by atoms with E-state index in [1.54, 1.807) is 0 Å². The van der Waals surface area contributed by atoms with E-state index < -0.39 is 0 Å². The highest BCUT2D eigenvalue weighted by Gasteiger charge is 2.06. The zero-order valence-corrected chi connectivity index (χ0v) is 16.6. The maximum Gasteiger partial charge on any atom is 0.251 e. The van der Waals surface area contributed by atoms with Crippen LogP contribution in [0.2, 0.25) is 0 Å². The van der Waals surface area contributed by atoms with Crippen LogP contribution in [-0.2, 0) is 12.3 Å². The topological polar surface area (TPSA) is 46.9 Å². The molecule has 27 heavy (non-hydrogen) atoms. The van der Waals surface area contributed by atoms with Crippen LogP contribution in [0.25, 0.3) is 0 Å². The van der Waals surface area contributed by atoms with Crippen molar-refractivity contribution in [3.63, 3.8) is 0 Å². The Hall–Kier alpha value is -2.53. The molecule has 1 aromatic heterocycles. The molecule has 3 aromatic rings. The first-order valence-corrected chi connectivity index (χ1v) is 10.3. The van der Waals surface area contributed by atoms with Crippen LogP contribution in [0.1, 0.15) is 32.9 Å². The van der Waals surface area contributed by atoms with Crippen LogP contribution in [0, 0.1) is 13.8 Å². The van der Waals surface area contributed by atoms with Crippen molar-refractivity contribution >= 4 is 17.7 Å². The molecule has 5 heteroatoms. The van der Waals surface area contributed by atoms with Gasteiger partial charge in [-0.2, -0.15) is 16.9 Å². The Morgan fingerprint density at radius 3 is 2.44 bits per heavy atom. The molecule has 4 nitrogen and oxygen atoms in total. The summed E-state index contributed by atoms with van der Waals surface area (Å²) >= 11 is 1.83. The van der Waals surface area contributed by atoms with Crippen LogP contribution in [0.4, 0.5) is 0 Å². The highest BCUT2D eigenvalue weighted by molar-refractivity contribution is 7.98. The normalized spacial score (nSPS) is 10.7. The predicted octanol–water partition coefficient (Wildman–Crippen LogP) is 4.21. The van der Waals surface area contributed by atoms with E-state index in [0.717, 1.165) is 35.0 Å². The molecule has 3 rings (SSSR count). The third kappa shape index (κ3) is 5.73. The van der Waals surface area contributed by atoms with Gasteiger partial charge in [0.15, 0.2) is 0 Å². The lowest BCUT2D eigenvalue weighted by Gasteiger charge is -2.08. The van der Waals surface area contributed by atoms with Crippen molar-refractivity contribution in [3.8, 4) is 0 Å². The number of benzene rings is 2. The quantitative estimate of drug-likeness (QED) is 0.596. The molecule has 0 aliphatic rings. The van der Waals surface area contributed by atoms with E-state index in [0.29, 0.717) is 12.1 Å². The van der Waals surface area contributed by atoms with Gasteiger partial charge in [0.05, 0.1) is 12.2 Å². The number of carbonyl (C=O) groups excluding carboxylic acids is 1. The van der Waals surface area contributed by atoms with Gasteiger partial charge in [-0.1, -0.05) is 42.5 Å². The number of thioether (sulfide) groups is 1. The number of aryl methyl sites for hydroxylation is 2. The van der Waals surface area contributed by atoms with Gasteiger partial charge in [0.2, 0.25) is 0 Å². The van der Waals surface area contributed by atoms with Gasteiger partial charge >= 0.3 is 0 Å². The Bertz CT molecular complexity index is 872. The summed E-state index contributed by atoms with van der Waals surface area (Å²) in [5.41, 5.74) is 5.30. The smallest absolute Gasteiger partial charge is 0.251 e. The van der Waals surface area contributed by atoms with Crippen LogP contribution < -0.4 is 5.32 Å². The number of aromatic nitrogens is 2. The standard InChI is InChI=1S/C22H25N3OS/c1-17-14-18(2)25(24-17)15-19-8-10-21(11-9-19)22(26)23-12-13-27-16-20-6-4-3-5-7-20/h3-11,14H,12-13,15-16H2,1-2H3,(H,23,26). The molecule has 0 bridgehead atoms. The Balaban J connectivity index is 1.42. The first-order valence-electron chi connectivity index (χ1n) is 9.11. The molecule has 0 aliphatic carbocycles. The molecule has 0 fully saturated rings. The van der Waals surface area contributed by atoms with E-state index in [-0.39, 0.29) is 5.91 Å². The lowest BCUT2D eigenvalue weighted by molar-refractivity contribution is 0.0956. The molecule has 140 valence electrons. The zero-order chi connectivity index (χ0) is 19.1. The van der Waals surface area contributed by atoms with E-state index in [1.165, 1.54) is 5.56 Å². The van der Waals surface area contributed by atoms with Crippen LogP contribution in [0.5, 0.6) is 0 Å². The van der Waals surface area contributed by atoms with Crippen molar-refractivity contribution in [2.45, 2.75) is 26.1 Å². The third-order valence-electron chi connectivity index (χ3n) is 4.30. The summed E-state index contributed by atoms with van der Waals surface area (Å²) in [6.45, 7) is 5.44. The molecule has 0 saturated carbocycles. The van der Waals surface area contributed by atoms with Gasteiger partial charge in [0.25, 0.3) is 5.91 Å². The number of hydrogen-bond acceptors (Lipinski definition) is 3. The lowest BCUT2D eigenvalue weighted by Crippen LogP contribution is -2.25. The number of hydrogen-bond donors (Lipinski definition) is 1. The molecule has 0 aliphatic heterocycles. The van der Waals surface area contributed by atoms with Gasteiger partial charge in [-0.3, -0.25) is 9.48 Å². The second kappa shape index (κ2) is 9.42. The Labute approximate surface area is 165 Å². The number of nitrogens with one attached hydrogen (secondary N) is 1. The predicted molar refractivity (Wildman–Crippen MR) is 112 cm³/mol. The van der Waals surface area contributed by atoms with E-state index in [1.807, 2.05) is 53.7 Å². The second-order valence-electron chi connectivity index (χ2n) is 6.58. The van der Waals surface area contributed by atoms with E-state index >= 15 is 0 Å². The van der Waals surface area contributed by atoms with Crippen molar-refractivity contribution in [1.82, 2.24) is 15.1 Å². The summed E-state index contributed by atoms with van der Waals surface area (Å²) < 4.78 is 1.98. The van der Waals surface area contributed by atoms with Gasteiger partial charge in [-0.25, -0.2) is 0 Å². The molecular weight excluding hydrogens is 354 g/mol. The molecule has 1 heterocycles. The van der Waals surface area contributed by atoms with Crippen molar-refractivity contribution in [2.24, 2.45) is 0 Å². The molecule has 1 amide bonds. The maximum absolute atomic E-state index is 12.3. The van der Waals surface area contributed by atoms with E-state index in [4.69, 9.17) is 0 Å². The third-order valence-corrected chi connectivity index (χ3v) is 5.33. The number of carbonyl (C=O) groups is 1. The minimum atomic E-state index is -0.0204. The Morgan fingerprint density at radius 2 is 1.78 bits per heavy atom. The van der Waals surface area contributed by atoms with Gasteiger partial charge in [-0.05, 0) is 43.2 Å². The summed E-state index contributed by atoms with van der Waals surface area (Å²) in [6.07, 6.45) is 0. The molecule has 0 unspecified atom stereocenters. The first kappa shape index (κ1) is 19.2. The summed E-state index contributed by atoms with van der Waals surface area (Å²) in [4.78, 5) is 12.3. The molecule has 0 saturated heterocycles. The van der Waals surface area contributed by atoms with Crippen molar-refractivity contribution < 1.29 is 4.79 Å². The number of amides is 1. The van der Waals surface area contributed by atoms with Gasteiger partial charge in [-0.15, -0.1) is 0 Å². The fraction of sp³-hybridized carbons (Fsp3) is 0.273. The number of nitrogens with zero attached hydrogens (tertiary/aromatic N) is 2. The van der Waals surface area contributed by atoms with Crippen LogP contribution in [-0.4, -0.2) is 28.0 Å². The molecule has 2 aromatic carbocycles. The summed E-state index contributed by atoms with van der Waals surface area (Å²) in [5.74, 6) is 1.85. The maximum atomic E-state index is 12.3. The SMILES string of the molecule is Cc1cc(C)n(Cc2ccc(C(=O)NCCSCc3ccccc3)cc2)n1. The monoisotopic (exact) mass is 379 g/mol. The molecule has 0 spiro atoms. The van der Waals surface area contributed by atoms with Crippen molar-refractivity contribution in [3.05, 3.63) is 88.7 Å². The highest BCUT2D eigenvalue weighted by atomic mass is 32.2. The molecule has 0 atom stereocenters. The highest BCUT2D eigenvalue weighted by Crippen LogP contribution is 2.11. The summed E-state index contributed by atoms with van der Waals surface area (Å²) in [7, 11) is 0. The van der Waals surface area contributed by atoms with Crippen LogP contribution >= 0.6 is 11.8 Å². The van der Waals surface area contributed by atoms with E-state index in [2.05, 4.69) is 47.7 Å². The average Bonchev–Trinajstić information content (AvgIpc) is 2.99. The average molecular weight is 380 g/mol. The summed E-state index contributed by atoms with van der Waals surface area (Å²) in [6, 6.07) is 20.2. The van der Waals surface area contributed by atoms with Gasteiger partial charge < -0.3 is 5.32 Å². The van der Waals surface area contributed by atoms with Gasteiger partial charge in [0, 0.05) is 29.3 Å². The largest absolute Gasteiger partial charge is 0.351 e. The minimum Gasteiger partial charge on any atom is -0.351 e. The molecular formula is C22H25N3OS. The van der Waals surface area contributed by atoms with Crippen molar-refractivity contribution in [1.29, 1.82) is 0 Å². The van der Waals surface area contributed by atoms with Crippen LogP contribution in [0.3, 0.4) is 0 Å². The number of rotatable bonds is 8. The molecule has 0 radical (unpaired) electrons. The fourth-order valence-corrected chi connectivity index (χ4v) is 3.69.